The molecule has 16 heteroatoms. The van der Waals surface area contributed by atoms with E-state index in [-0.39, 0.29) is 23.0 Å². The summed E-state index contributed by atoms with van der Waals surface area (Å²) in [6.07, 6.45) is -10.4. The molecule has 0 aromatic heterocycles. The second kappa shape index (κ2) is 16.8. The average Bonchev–Trinajstić information content (AvgIpc) is 3.69. The molecule has 8 fully saturated rings. The average molecular weight is 869 g/mol. The largest absolute Gasteiger partial charge is 0.394 e. The highest BCUT2D eigenvalue weighted by molar-refractivity contribution is 5.26. The number of rotatable bonds is 7. The first-order valence-corrected chi connectivity index (χ1v) is 23.2. The van der Waals surface area contributed by atoms with Crippen molar-refractivity contribution in [1.29, 1.82) is 0 Å². The van der Waals surface area contributed by atoms with Crippen molar-refractivity contribution in [2.24, 2.45) is 46.3 Å². The van der Waals surface area contributed by atoms with Gasteiger partial charge in [-0.05, 0) is 106 Å². The number of fused-ring (bicyclic) bond motifs is 7. The van der Waals surface area contributed by atoms with E-state index in [0.29, 0.717) is 48.3 Å². The Morgan fingerprint density at radius 1 is 0.689 bits per heavy atom. The third kappa shape index (κ3) is 7.42. The van der Waals surface area contributed by atoms with E-state index in [1.54, 1.807) is 0 Å². The lowest BCUT2D eigenvalue weighted by atomic mass is 9.47. The monoisotopic (exact) mass is 868 g/mol. The molecule has 18 unspecified atom stereocenters. The molecular formula is C45H72O16. The van der Waals surface area contributed by atoms with Gasteiger partial charge in [-0.15, -0.1) is 0 Å². The standard InChI is InChI=1S/C45H72O16/c1-19-9-14-45(54-18-19)20(2)30-28(61-45)16-27-25-8-7-23-15-24(10-12-43(23,5)26(25)11-13-44(27,30)6)57-42-39(60-41-36(52)34(50)32(48)22(4)56-41)37(53)38(29(17-46)58-42)59-40-35(51)33(49)31(47)21(3)55-40/h7,19-22,24-42,46-53H,8-18H2,1-6H3/t19?,20?,21?,22?,24?,25-,26+,27-,28+,29?,30-,31?,32?,33?,34?,35?,36?,37?,38?,39?,40?,41?,42?,43-,44-,45+/m0/s1. The fourth-order valence-corrected chi connectivity index (χ4v) is 14.0. The molecular weight excluding hydrogens is 796 g/mol. The summed E-state index contributed by atoms with van der Waals surface area (Å²) < 4.78 is 50.1. The Bertz CT molecular complexity index is 1590. The van der Waals surface area contributed by atoms with Crippen molar-refractivity contribution in [1.82, 2.24) is 0 Å². The summed E-state index contributed by atoms with van der Waals surface area (Å²) in [5, 5.41) is 85.9. The highest BCUT2D eigenvalue weighted by Gasteiger charge is 2.69. The van der Waals surface area contributed by atoms with Gasteiger partial charge in [-0.3, -0.25) is 0 Å². The Kier molecular flexibility index (Phi) is 12.4. The first kappa shape index (κ1) is 45.3. The van der Waals surface area contributed by atoms with E-state index in [0.717, 1.165) is 45.1 Å². The van der Waals surface area contributed by atoms with Crippen LogP contribution in [-0.4, -0.2) is 164 Å². The molecule has 9 rings (SSSR count). The van der Waals surface area contributed by atoms with Gasteiger partial charge in [-0.2, -0.15) is 0 Å². The zero-order chi connectivity index (χ0) is 43.5. The predicted octanol–water partition coefficient (Wildman–Crippen LogP) is 1.24. The van der Waals surface area contributed by atoms with E-state index >= 15 is 0 Å². The van der Waals surface area contributed by atoms with Crippen LogP contribution < -0.4 is 0 Å². The summed E-state index contributed by atoms with van der Waals surface area (Å²) in [4.78, 5) is 0. The molecule has 0 bridgehead atoms. The van der Waals surface area contributed by atoms with Crippen LogP contribution in [0.25, 0.3) is 0 Å². The van der Waals surface area contributed by atoms with E-state index in [2.05, 4.69) is 33.8 Å². The van der Waals surface area contributed by atoms with Crippen molar-refractivity contribution < 1.29 is 78.7 Å². The molecule has 0 aromatic rings. The van der Waals surface area contributed by atoms with Crippen molar-refractivity contribution in [3.8, 4) is 0 Å². The van der Waals surface area contributed by atoms with Crippen LogP contribution in [0.4, 0.5) is 0 Å². The summed E-state index contributed by atoms with van der Waals surface area (Å²) in [6.45, 7) is 12.7. The van der Waals surface area contributed by atoms with Gasteiger partial charge < -0.3 is 78.7 Å². The van der Waals surface area contributed by atoms with E-state index < -0.39 is 105 Å². The maximum atomic E-state index is 12.0. The number of hydrogen-bond acceptors (Lipinski definition) is 16. The number of hydrogen-bond donors (Lipinski definition) is 8. The van der Waals surface area contributed by atoms with Crippen molar-refractivity contribution in [3.05, 3.63) is 11.6 Å². The molecule has 61 heavy (non-hydrogen) atoms. The molecule has 4 aliphatic carbocycles. The highest BCUT2D eigenvalue weighted by atomic mass is 16.8. The summed E-state index contributed by atoms with van der Waals surface area (Å²) in [7, 11) is 0. The summed E-state index contributed by atoms with van der Waals surface area (Å²) in [6, 6.07) is 0. The molecule has 0 aromatic carbocycles. The maximum absolute atomic E-state index is 12.0. The minimum atomic E-state index is -1.71. The topological polar surface area (TPSA) is 236 Å². The van der Waals surface area contributed by atoms with Crippen molar-refractivity contribution in [2.75, 3.05) is 13.2 Å². The summed E-state index contributed by atoms with van der Waals surface area (Å²) >= 11 is 0. The summed E-state index contributed by atoms with van der Waals surface area (Å²) in [5.74, 6) is 2.64. The molecule has 0 amide bonds. The van der Waals surface area contributed by atoms with Crippen LogP contribution in [0.15, 0.2) is 11.6 Å². The molecule has 8 N–H and O–H groups in total. The van der Waals surface area contributed by atoms with Crippen molar-refractivity contribution in [2.45, 2.75) is 209 Å². The van der Waals surface area contributed by atoms with Crippen LogP contribution in [0.2, 0.25) is 0 Å². The minimum absolute atomic E-state index is 0.0171. The van der Waals surface area contributed by atoms with Crippen molar-refractivity contribution >= 4 is 0 Å². The lowest BCUT2D eigenvalue weighted by molar-refractivity contribution is -0.388. The number of allylic oxidation sites excluding steroid dienone is 1. The number of aliphatic hydroxyl groups is 8. The molecule has 5 saturated heterocycles. The number of aliphatic hydroxyl groups excluding tert-OH is 8. The third-order valence-corrected chi connectivity index (χ3v) is 17.6. The normalized spacial score (nSPS) is 58.4. The fraction of sp³-hybridized carbons (Fsp3) is 0.956. The Balaban J connectivity index is 0.916. The Morgan fingerprint density at radius 2 is 1.34 bits per heavy atom. The Morgan fingerprint density at radius 3 is 1.97 bits per heavy atom. The number of ether oxygens (including phenoxy) is 8. The van der Waals surface area contributed by atoms with E-state index in [9.17, 15) is 40.9 Å². The van der Waals surface area contributed by atoms with Gasteiger partial charge >= 0.3 is 0 Å². The van der Waals surface area contributed by atoms with Crippen LogP contribution in [0.3, 0.4) is 0 Å². The van der Waals surface area contributed by atoms with Crippen LogP contribution >= 0.6 is 0 Å². The third-order valence-electron chi connectivity index (χ3n) is 17.6. The fourth-order valence-electron chi connectivity index (χ4n) is 14.0. The van der Waals surface area contributed by atoms with Crippen LogP contribution in [0.1, 0.15) is 99.3 Å². The quantitative estimate of drug-likeness (QED) is 0.168. The molecule has 1 spiro atoms. The first-order chi connectivity index (χ1) is 28.9. The van der Waals surface area contributed by atoms with E-state index in [1.165, 1.54) is 25.8 Å². The molecule has 26 atom stereocenters. The van der Waals surface area contributed by atoms with Gasteiger partial charge in [0.1, 0.15) is 61.0 Å². The molecule has 16 nitrogen and oxygen atoms in total. The Labute approximate surface area is 358 Å². The van der Waals surface area contributed by atoms with Gasteiger partial charge in [-0.25, -0.2) is 0 Å². The zero-order valence-electron chi connectivity index (χ0n) is 36.5. The molecule has 3 saturated carbocycles. The first-order valence-electron chi connectivity index (χ1n) is 23.2. The van der Waals surface area contributed by atoms with Gasteiger partial charge in [0.05, 0.1) is 37.6 Å². The molecule has 5 aliphatic heterocycles. The van der Waals surface area contributed by atoms with Crippen molar-refractivity contribution in [3.63, 3.8) is 0 Å². The molecule has 9 aliphatic rings. The maximum Gasteiger partial charge on any atom is 0.187 e. The lowest BCUT2D eigenvalue weighted by Gasteiger charge is -2.58. The zero-order valence-corrected chi connectivity index (χ0v) is 36.5. The molecule has 5 heterocycles. The summed E-state index contributed by atoms with van der Waals surface area (Å²) in [5.41, 5.74) is 1.53. The van der Waals surface area contributed by atoms with Crippen LogP contribution in [0, 0.1) is 46.3 Å². The van der Waals surface area contributed by atoms with E-state index in [1.807, 2.05) is 0 Å². The van der Waals surface area contributed by atoms with Gasteiger partial charge in [0.25, 0.3) is 0 Å². The predicted molar refractivity (Wildman–Crippen MR) is 213 cm³/mol. The van der Waals surface area contributed by atoms with Gasteiger partial charge in [0.15, 0.2) is 24.7 Å². The van der Waals surface area contributed by atoms with Gasteiger partial charge in [0.2, 0.25) is 0 Å². The Hall–Kier alpha value is -0.900. The second-order valence-corrected chi connectivity index (χ2v) is 21.1. The van der Waals surface area contributed by atoms with Gasteiger partial charge in [-0.1, -0.05) is 39.3 Å². The lowest BCUT2D eigenvalue weighted by Crippen LogP contribution is -2.66. The highest BCUT2D eigenvalue weighted by Crippen LogP contribution is 2.70. The smallest absolute Gasteiger partial charge is 0.187 e. The second-order valence-electron chi connectivity index (χ2n) is 21.1. The molecule has 348 valence electrons. The van der Waals surface area contributed by atoms with Gasteiger partial charge in [0, 0.05) is 12.3 Å². The van der Waals surface area contributed by atoms with Crippen LogP contribution in [0.5, 0.6) is 0 Å². The van der Waals surface area contributed by atoms with E-state index in [4.69, 9.17) is 37.9 Å². The SMILES string of the molecule is CC1CC[C@@]2(OC1)O[C@@H]1C[C@H]3[C@H]4CC=C5CC(OC6OC(CO)C(OC7OC(C)C(O)C(O)C7O)C(O)C6OC6OC(C)C(O)C(O)C6O)CC[C@]5(C)[C@@H]4CC[C@]3(C)[C@H]1C2C. The minimum Gasteiger partial charge on any atom is -0.394 e. The van der Waals surface area contributed by atoms with Crippen LogP contribution in [-0.2, 0) is 37.9 Å². The molecule has 0 radical (unpaired) electrons.